The van der Waals surface area contributed by atoms with Crippen LogP contribution in [0.4, 0.5) is 0 Å². The van der Waals surface area contributed by atoms with Gasteiger partial charge in [0.15, 0.2) is 0 Å². The third-order valence-corrected chi connectivity index (χ3v) is 3.69. The molecule has 0 aromatic rings. The number of hydrogen-bond acceptors (Lipinski definition) is 1. The molecule has 1 rings (SSSR count). The van der Waals surface area contributed by atoms with Gasteiger partial charge in [0, 0.05) is 14.1 Å². The van der Waals surface area contributed by atoms with E-state index in [1.807, 2.05) is 0 Å². The monoisotopic (exact) mass is 217 g/mol. The molecule has 1 amide bonds. The van der Waals surface area contributed by atoms with Crippen LogP contribution in [-0.4, -0.2) is 30.3 Å². The van der Waals surface area contributed by atoms with Gasteiger partial charge in [-0.15, -0.1) is 11.6 Å². The fourth-order valence-corrected chi connectivity index (χ4v) is 2.47. The Morgan fingerprint density at radius 3 is 2.21 bits per heavy atom. The van der Waals surface area contributed by atoms with E-state index in [0.29, 0.717) is 5.92 Å². The lowest BCUT2D eigenvalue weighted by Gasteiger charge is -2.29. The van der Waals surface area contributed by atoms with Crippen molar-refractivity contribution in [2.45, 2.75) is 38.0 Å². The predicted octanol–water partition coefficient (Wildman–Crippen LogP) is 2.51. The van der Waals surface area contributed by atoms with Crippen LogP contribution >= 0.6 is 11.6 Å². The molecule has 82 valence electrons. The van der Waals surface area contributed by atoms with E-state index in [0.717, 1.165) is 18.8 Å². The Morgan fingerprint density at radius 2 is 1.79 bits per heavy atom. The van der Waals surface area contributed by atoms with Gasteiger partial charge < -0.3 is 4.90 Å². The van der Waals surface area contributed by atoms with Gasteiger partial charge in [-0.05, 0) is 24.7 Å². The molecule has 0 aromatic heterocycles. The Labute approximate surface area is 91.6 Å². The summed E-state index contributed by atoms with van der Waals surface area (Å²) >= 11 is 6.16. The number of hydrogen-bond donors (Lipinski definition) is 0. The van der Waals surface area contributed by atoms with E-state index in [1.165, 1.54) is 12.8 Å². The minimum atomic E-state index is -0.308. The van der Waals surface area contributed by atoms with Crippen LogP contribution in [0.3, 0.4) is 0 Å². The summed E-state index contributed by atoms with van der Waals surface area (Å²) in [7, 11) is 3.53. The largest absolute Gasteiger partial charge is 0.348 e. The standard InChI is InChI=1S/C11H20ClNO/c1-8-4-6-9(7-5-8)10(12)11(14)13(2)3/h8-10H,4-7H2,1-3H3. The molecule has 1 fully saturated rings. The molecule has 1 saturated carbocycles. The maximum Gasteiger partial charge on any atom is 0.240 e. The van der Waals surface area contributed by atoms with Gasteiger partial charge in [-0.25, -0.2) is 0 Å². The molecular weight excluding hydrogens is 198 g/mol. The molecule has 0 saturated heterocycles. The molecule has 3 heteroatoms. The van der Waals surface area contributed by atoms with Gasteiger partial charge in [0.25, 0.3) is 0 Å². The summed E-state index contributed by atoms with van der Waals surface area (Å²) in [4.78, 5) is 13.2. The van der Waals surface area contributed by atoms with Gasteiger partial charge in [-0.2, -0.15) is 0 Å². The molecular formula is C11H20ClNO. The van der Waals surface area contributed by atoms with Crippen molar-refractivity contribution in [3.05, 3.63) is 0 Å². The van der Waals surface area contributed by atoms with Crippen LogP contribution in [0.1, 0.15) is 32.6 Å². The normalized spacial score (nSPS) is 29.7. The highest BCUT2D eigenvalue weighted by atomic mass is 35.5. The molecule has 14 heavy (non-hydrogen) atoms. The number of amides is 1. The lowest BCUT2D eigenvalue weighted by Crippen LogP contribution is -2.36. The summed E-state index contributed by atoms with van der Waals surface area (Å²) < 4.78 is 0. The molecule has 0 N–H and O–H groups in total. The fourth-order valence-electron chi connectivity index (χ4n) is 2.03. The lowest BCUT2D eigenvalue weighted by molar-refractivity contribution is -0.129. The van der Waals surface area contributed by atoms with Crippen molar-refractivity contribution in [2.75, 3.05) is 14.1 Å². The lowest BCUT2D eigenvalue weighted by atomic mass is 9.81. The summed E-state index contributed by atoms with van der Waals surface area (Å²) in [5.74, 6) is 1.26. The van der Waals surface area contributed by atoms with Crippen LogP contribution in [0.25, 0.3) is 0 Å². The number of carbonyl (C=O) groups excluding carboxylic acids is 1. The summed E-state index contributed by atoms with van der Waals surface area (Å²) in [6, 6.07) is 0. The zero-order valence-electron chi connectivity index (χ0n) is 9.29. The molecule has 0 heterocycles. The zero-order chi connectivity index (χ0) is 10.7. The van der Waals surface area contributed by atoms with Crippen LogP contribution in [0.2, 0.25) is 0 Å². The van der Waals surface area contributed by atoms with Gasteiger partial charge in [-0.1, -0.05) is 19.8 Å². The maximum atomic E-state index is 11.6. The van der Waals surface area contributed by atoms with E-state index < -0.39 is 0 Å². The number of alkyl halides is 1. The highest BCUT2D eigenvalue weighted by molar-refractivity contribution is 6.30. The molecule has 0 bridgehead atoms. The van der Waals surface area contributed by atoms with E-state index in [1.54, 1.807) is 19.0 Å². The molecule has 1 unspecified atom stereocenters. The van der Waals surface area contributed by atoms with Crippen molar-refractivity contribution in [3.8, 4) is 0 Å². The number of carbonyl (C=O) groups is 1. The van der Waals surface area contributed by atoms with Gasteiger partial charge in [0.05, 0.1) is 0 Å². The number of rotatable bonds is 2. The Kier molecular flexibility index (Phi) is 4.24. The topological polar surface area (TPSA) is 20.3 Å². The second kappa shape index (κ2) is 5.01. The van der Waals surface area contributed by atoms with Crippen LogP contribution < -0.4 is 0 Å². The first-order valence-corrected chi connectivity index (χ1v) is 5.81. The molecule has 0 aliphatic heterocycles. The van der Waals surface area contributed by atoms with E-state index in [2.05, 4.69) is 6.92 Å². The fraction of sp³-hybridized carbons (Fsp3) is 0.909. The molecule has 2 nitrogen and oxygen atoms in total. The molecule has 1 aliphatic carbocycles. The van der Waals surface area contributed by atoms with E-state index in [-0.39, 0.29) is 11.3 Å². The SMILES string of the molecule is CC1CCC(C(Cl)C(=O)N(C)C)CC1. The van der Waals surface area contributed by atoms with Gasteiger partial charge in [0.1, 0.15) is 5.38 Å². The van der Waals surface area contributed by atoms with Crippen molar-refractivity contribution in [1.29, 1.82) is 0 Å². The molecule has 0 radical (unpaired) electrons. The average molecular weight is 218 g/mol. The second-order valence-electron chi connectivity index (χ2n) is 4.65. The van der Waals surface area contributed by atoms with Crippen LogP contribution in [0.15, 0.2) is 0 Å². The summed E-state index contributed by atoms with van der Waals surface area (Å²) in [5, 5.41) is -0.308. The second-order valence-corrected chi connectivity index (χ2v) is 5.12. The highest BCUT2D eigenvalue weighted by Crippen LogP contribution is 2.32. The minimum Gasteiger partial charge on any atom is -0.348 e. The van der Waals surface area contributed by atoms with Gasteiger partial charge >= 0.3 is 0 Å². The van der Waals surface area contributed by atoms with Crippen molar-refractivity contribution in [1.82, 2.24) is 4.90 Å². The highest BCUT2D eigenvalue weighted by Gasteiger charge is 2.30. The first-order chi connectivity index (χ1) is 6.52. The summed E-state index contributed by atoms with van der Waals surface area (Å²) in [5.41, 5.74) is 0. The third kappa shape index (κ3) is 2.88. The average Bonchev–Trinajstić information content (AvgIpc) is 2.16. The van der Waals surface area contributed by atoms with E-state index >= 15 is 0 Å². The predicted molar refractivity (Wildman–Crippen MR) is 59.5 cm³/mol. The number of nitrogens with zero attached hydrogens (tertiary/aromatic N) is 1. The molecule has 0 spiro atoms. The van der Waals surface area contributed by atoms with Crippen molar-refractivity contribution in [2.24, 2.45) is 11.8 Å². The molecule has 1 aliphatic rings. The minimum absolute atomic E-state index is 0.0613. The van der Waals surface area contributed by atoms with Crippen molar-refractivity contribution < 1.29 is 4.79 Å². The molecule has 1 atom stereocenters. The first kappa shape index (κ1) is 11.8. The Hall–Kier alpha value is -0.240. The Bertz CT molecular complexity index is 197. The third-order valence-electron chi connectivity index (χ3n) is 3.15. The van der Waals surface area contributed by atoms with Gasteiger partial charge in [-0.3, -0.25) is 4.79 Å². The Morgan fingerprint density at radius 1 is 1.29 bits per heavy atom. The molecule has 0 aromatic carbocycles. The van der Waals surface area contributed by atoms with Crippen LogP contribution in [-0.2, 0) is 4.79 Å². The van der Waals surface area contributed by atoms with Crippen LogP contribution in [0.5, 0.6) is 0 Å². The van der Waals surface area contributed by atoms with E-state index in [4.69, 9.17) is 11.6 Å². The smallest absolute Gasteiger partial charge is 0.240 e. The van der Waals surface area contributed by atoms with Gasteiger partial charge in [0.2, 0.25) is 5.91 Å². The van der Waals surface area contributed by atoms with E-state index in [9.17, 15) is 4.79 Å². The summed E-state index contributed by atoms with van der Waals surface area (Å²) in [6.07, 6.45) is 4.65. The quantitative estimate of drug-likeness (QED) is 0.651. The number of halogens is 1. The first-order valence-electron chi connectivity index (χ1n) is 5.37. The van der Waals surface area contributed by atoms with Crippen molar-refractivity contribution >= 4 is 17.5 Å². The Balaban J connectivity index is 2.45. The zero-order valence-corrected chi connectivity index (χ0v) is 10.0. The summed E-state index contributed by atoms with van der Waals surface area (Å²) in [6.45, 7) is 2.27. The van der Waals surface area contributed by atoms with Crippen LogP contribution in [0, 0.1) is 11.8 Å². The van der Waals surface area contributed by atoms with Crippen molar-refractivity contribution in [3.63, 3.8) is 0 Å². The maximum absolute atomic E-state index is 11.6.